The Morgan fingerprint density at radius 1 is 0.857 bits per heavy atom. The first-order valence-electron chi connectivity index (χ1n) is 9.78. The summed E-state index contributed by atoms with van der Waals surface area (Å²) in [4.78, 5) is 17.4. The van der Waals surface area contributed by atoms with Crippen molar-refractivity contribution in [3.8, 4) is 0 Å². The molecule has 0 unspecified atom stereocenters. The van der Waals surface area contributed by atoms with Gasteiger partial charge in [0.25, 0.3) is 0 Å². The van der Waals surface area contributed by atoms with Gasteiger partial charge in [-0.1, -0.05) is 0 Å². The Balaban J connectivity index is 0.000000122. The minimum absolute atomic E-state index is 0.580. The summed E-state index contributed by atoms with van der Waals surface area (Å²) < 4.78 is 3.59. The molecule has 0 bridgehead atoms. The van der Waals surface area contributed by atoms with Crippen LogP contribution < -0.4 is 5.32 Å². The molecule has 2 aliphatic carbocycles. The molecule has 4 aromatic rings. The van der Waals surface area contributed by atoms with Crippen LogP contribution in [-0.4, -0.2) is 45.2 Å². The monoisotopic (exact) mass is 377 g/mol. The maximum Gasteiger partial charge on any atom is 0.227 e. The van der Waals surface area contributed by atoms with Crippen molar-refractivity contribution in [1.82, 2.24) is 39.2 Å². The third kappa shape index (κ3) is 3.64. The lowest BCUT2D eigenvalue weighted by atomic mass is 10.3. The lowest BCUT2D eigenvalue weighted by molar-refractivity contribution is 0.701. The second-order valence-corrected chi connectivity index (χ2v) is 7.55. The molecule has 0 atom stereocenters. The molecule has 1 N–H and O–H groups in total. The molecule has 2 aliphatic rings. The van der Waals surface area contributed by atoms with E-state index in [9.17, 15) is 0 Å². The minimum Gasteiger partial charge on any atom is -0.351 e. The summed E-state index contributed by atoms with van der Waals surface area (Å²) >= 11 is 0. The zero-order valence-corrected chi connectivity index (χ0v) is 16.1. The van der Waals surface area contributed by atoms with Crippen molar-refractivity contribution in [2.45, 2.75) is 52.0 Å². The molecule has 0 radical (unpaired) electrons. The highest BCUT2D eigenvalue weighted by molar-refractivity contribution is 5.44. The summed E-state index contributed by atoms with van der Waals surface area (Å²) in [5.74, 6) is 4.31. The number of nitrogens with zero attached hydrogens (tertiary/aromatic N) is 8. The molecule has 4 heterocycles. The predicted molar refractivity (Wildman–Crippen MR) is 104 cm³/mol. The normalized spacial score (nSPS) is 16.2. The van der Waals surface area contributed by atoms with E-state index in [-0.39, 0.29) is 0 Å². The highest BCUT2D eigenvalue weighted by Gasteiger charge is 2.24. The van der Waals surface area contributed by atoms with Gasteiger partial charge < -0.3 is 5.32 Å². The van der Waals surface area contributed by atoms with Gasteiger partial charge in [0, 0.05) is 24.6 Å². The molecule has 0 aromatic carbocycles. The van der Waals surface area contributed by atoms with Crippen LogP contribution in [0.2, 0.25) is 0 Å². The molecule has 4 aromatic heterocycles. The Bertz CT molecular complexity index is 1030. The maximum atomic E-state index is 4.44. The second-order valence-electron chi connectivity index (χ2n) is 7.55. The lowest BCUT2D eigenvalue weighted by Crippen LogP contribution is -2.10. The molecule has 6 rings (SSSR count). The number of aryl methyl sites for hydroxylation is 2. The molecule has 0 saturated heterocycles. The van der Waals surface area contributed by atoms with Crippen molar-refractivity contribution < 1.29 is 0 Å². The van der Waals surface area contributed by atoms with Crippen LogP contribution in [0.1, 0.15) is 43.2 Å². The minimum atomic E-state index is 0.580. The van der Waals surface area contributed by atoms with E-state index in [4.69, 9.17) is 0 Å². The van der Waals surface area contributed by atoms with E-state index in [2.05, 4.69) is 35.5 Å². The van der Waals surface area contributed by atoms with E-state index in [1.165, 1.54) is 25.7 Å². The smallest absolute Gasteiger partial charge is 0.227 e. The van der Waals surface area contributed by atoms with Crippen LogP contribution in [0.25, 0.3) is 11.3 Å². The summed E-state index contributed by atoms with van der Waals surface area (Å²) in [5.41, 5.74) is 1.76. The van der Waals surface area contributed by atoms with Gasteiger partial charge in [0.15, 0.2) is 11.3 Å². The van der Waals surface area contributed by atoms with Gasteiger partial charge in [-0.2, -0.15) is 19.7 Å². The molecule has 28 heavy (non-hydrogen) atoms. The molecule has 0 aliphatic heterocycles. The number of fused-ring (bicyclic) bond motifs is 2. The van der Waals surface area contributed by atoms with Crippen molar-refractivity contribution in [3.63, 3.8) is 0 Å². The zero-order chi connectivity index (χ0) is 19.1. The van der Waals surface area contributed by atoms with Crippen LogP contribution >= 0.6 is 0 Å². The SMILES string of the molecule is Cc1nc(CC2CC2)n2nccc2n1.Cc1nc(NC2CC2)n2nccc2n1. The Kier molecular flexibility index (Phi) is 4.14. The number of hydrogen-bond acceptors (Lipinski definition) is 7. The van der Waals surface area contributed by atoms with E-state index in [1.807, 2.05) is 30.5 Å². The quantitative estimate of drug-likeness (QED) is 0.583. The number of nitrogens with one attached hydrogen (secondary N) is 1. The number of anilines is 1. The average molecular weight is 377 g/mol. The number of hydrogen-bond donors (Lipinski definition) is 1. The molecule has 2 fully saturated rings. The van der Waals surface area contributed by atoms with E-state index in [1.54, 1.807) is 16.9 Å². The Labute approximate surface area is 162 Å². The van der Waals surface area contributed by atoms with Crippen molar-refractivity contribution in [2.75, 3.05) is 5.32 Å². The largest absolute Gasteiger partial charge is 0.351 e. The second kappa shape index (κ2) is 6.81. The first kappa shape index (κ1) is 17.0. The third-order valence-electron chi connectivity index (χ3n) is 4.88. The van der Waals surface area contributed by atoms with Crippen molar-refractivity contribution in [2.24, 2.45) is 5.92 Å². The van der Waals surface area contributed by atoms with Crippen LogP contribution in [0, 0.1) is 19.8 Å². The fourth-order valence-electron chi connectivity index (χ4n) is 3.16. The van der Waals surface area contributed by atoms with Crippen LogP contribution in [0.5, 0.6) is 0 Å². The zero-order valence-electron chi connectivity index (χ0n) is 16.1. The molecule has 9 heteroatoms. The molecule has 0 spiro atoms. The summed E-state index contributed by atoms with van der Waals surface area (Å²) in [7, 11) is 0. The molecule has 2 saturated carbocycles. The first-order valence-corrected chi connectivity index (χ1v) is 9.78. The van der Waals surface area contributed by atoms with Gasteiger partial charge >= 0.3 is 0 Å². The van der Waals surface area contributed by atoms with Gasteiger partial charge in [0.05, 0.1) is 12.4 Å². The molecule has 9 nitrogen and oxygen atoms in total. The Hall–Kier alpha value is -3.10. The van der Waals surface area contributed by atoms with Gasteiger partial charge in [0.1, 0.15) is 17.5 Å². The third-order valence-corrected chi connectivity index (χ3v) is 4.88. The molecule has 0 amide bonds. The van der Waals surface area contributed by atoms with E-state index >= 15 is 0 Å². The summed E-state index contributed by atoms with van der Waals surface area (Å²) in [5, 5.41) is 11.7. The Morgan fingerprint density at radius 3 is 2.18 bits per heavy atom. The van der Waals surface area contributed by atoms with E-state index < -0.39 is 0 Å². The lowest BCUT2D eigenvalue weighted by Gasteiger charge is -2.05. The Morgan fingerprint density at radius 2 is 1.50 bits per heavy atom. The van der Waals surface area contributed by atoms with Gasteiger partial charge in [-0.15, -0.1) is 0 Å². The van der Waals surface area contributed by atoms with Crippen molar-refractivity contribution in [3.05, 3.63) is 42.0 Å². The summed E-state index contributed by atoms with van der Waals surface area (Å²) in [6, 6.07) is 4.38. The van der Waals surface area contributed by atoms with E-state index in [0.29, 0.717) is 6.04 Å². The van der Waals surface area contributed by atoms with Crippen LogP contribution in [-0.2, 0) is 6.42 Å². The van der Waals surface area contributed by atoms with Gasteiger partial charge in [-0.25, -0.2) is 19.5 Å². The molecular formula is C19H23N9. The highest BCUT2D eigenvalue weighted by Crippen LogP contribution is 2.32. The summed E-state index contributed by atoms with van der Waals surface area (Å²) in [6.07, 6.45) is 9.69. The van der Waals surface area contributed by atoms with E-state index in [0.717, 1.165) is 47.1 Å². The fourth-order valence-corrected chi connectivity index (χ4v) is 3.16. The van der Waals surface area contributed by atoms with Crippen LogP contribution in [0.3, 0.4) is 0 Å². The van der Waals surface area contributed by atoms with Gasteiger partial charge in [-0.3, -0.25) is 0 Å². The van der Waals surface area contributed by atoms with Gasteiger partial charge in [0.2, 0.25) is 5.95 Å². The standard InChI is InChI=1S/C10H12N4.C9H11N5/c1-7-12-9-4-5-11-14(9)10(13-7)6-8-2-3-8;1-6-11-8-4-5-10-14(8)9(12-6)13-7-2-3-7/h4-5,8H,2-3,6H2,1H3;4-5,7H,2-3H2,1H3,(H,11,12,13). The van der Waals surface area contributed by atoms with Crippen LogP contribution in [0.4, 0.5) is 5.95 Å². The fraction of sp³-hybridized carbons (Fsp3) is 0.474. The first-order chi connectivity index (χ1) is 13.7. The predicted octanol–water partition coefficient (Wildman–Crippen LogP) is 2.39. The number of rotatable bonds is 4. The highest BCUT2D eigenvalue weighted by atomic mass is 15.4. The maximum absolute atomic E-state index is 4.44. The topological polar surface area (TPSA) is 98.2 Å². The molecular weight excluding hydrogens is 354 g/mol. The summed E-state index contributed by atoms with van der Waals surface area (Å²) in [6.45, 7) is 3.83. The van der Waals surface area contributed by atoms with Gasteiger partial charge in [-0.05, 0) is 45.4 Å². The molecule has 144 valence electrons. The number of aromatic nitrogens is 8. The van der Waals surface area contributed by atoms with Crippen molar-refractivity contribution >= 4 is 17.2 Å². The average Bonchev–Trinajstić information content (AvgIpc) is 3.55. The van der Waals surface area contributed by atoms with Crippen LogP contribution in [0.15, 0.2) is 24.5 Å². The van der Waals surface area contributed by atoms with Crippen molar-refractivity contribution in [1.29, 1.82) is 0 Å².